The van der Waals surface area contributed by atoms with Crippen LogP contribution in [0.15, 0.2) is 47.5 Å². The number of benzene rings is 1. The summed E-state index contributed by atoms with van der Waals surface area (Å²) in [5.41, 5.74) is 1.09. The molecule has 0 saturated carbocycles. The van der Waals surface area contributed by atoms with Gasteiger partial charge in [0.05, 0.1) is 11.3 Å². The predicted molar refractivity (Wildman–Crippen MR) is 126 cm³/mol. The average molecular weight is 480 g/mol. The van der Waals surface area contributed by atoms with Crippen molar-refractivity contribution in [1.82, 2.24) is 24.8 Å². The highest BCUT2D eigenvalue weighted by atomic mass is 19.1. The number of fused-ring (bicyclic) bond motifs is 2. The van der Waals surface area contributed by atoms with Gasteiger partial charge in [-0.05, 0) is 32.0 Å². The van der Waals surface area contributed by atoms with E-state index in [0.29, 0.717) is 31.2 Å². The average Bonchev–Trinajstić information content (AvgIpc) is 3.04. The maximum absolute atomic E-state index is 14.3. The highest BCUT2D eigenvalue weighted by Gasteiger charge is 2.31. The fourth-order valence-electron chi connectivity index (χ4n) is 4.42. The van der Waals surface area contributed by atoms with Gasteiger partial charge in [0.2, 0.25) is 0 Å². The number of nitrogens with one attached hydrogen (secondary N) is 1. The van der Waals surface area contributed by atoms with Crippen molar-refractivity contribution in [2.45, 2.75) is 32.5 Å². The van der Waals surface area contributed by atoms with Gasteiger partial charge in [-0.3, -0.25) is 24.0 Å². The van der Waals surface area contributed by atoms with E-state index in [-0.39, 0.29) is 41.9 Å². The minimum Gasteiger partial charge on any atom is -0.486 e. The molecule has 2 aliphatic heterocycles. The first-order valence-corrected chi connectivity index (χ1v) is 11.6. The summed E-state index contributed by atoms with van der Waals surface area (Å²) in [5, 5.41) is 2.98. The molecule has 10 heteroatoms. The third-order valence-electron chi connectivity index (χ3n) is 6.24. The van der Waals surface area contributed by atoms with Crippen molar-refractivity contribution in [2.24, 2.45) is 0 Å². The molecule has 2 aromatic heterocycles. The number of carbonyl (C=O) groups is 1. The highest BCUT2D eigenvalue weighted by Crippen LogP contribution is 2.35. The van der Waals surface area contributed by atoms with E-state index >= 15 is 0 Å². The van der Waals surface area contributed by atoms with E-state index in [1.165, 1.54) is 12.1 Å². The zero-order chi connectivity index (χ0) is 24.5. The Morgan fingerprint density at radius 3 is 2.69 bits per heavy atom. The normalized spacial score (nSPS) is 17.5. The van der Waals surface area contributed by atoms with Crippen molar-refractivity contribution in [1.29, 1.82) is 0 Å². The lowest BCUT2D eigenvalue weighted by molar-refractivity contribution is 0.0907. The van der Waals surface area contributed by atoms with E-state index in [4.69, 9.17) is 14.5 Å². The third-order valence-corrected chi connectivity index (χ3v) is 6.24. The second-order valence-electron chi connectivity index (χ2n) is 8.82. The second kappa shape index (κ2) is 9.46. The molecule has 0 saturated heterocycles. The summed E-state index contributed by atoms with van der Waals surface area (Å²) in [7, 11) is 0. The number of ether oxygens (including phenoxy) is 2. The Kier molecular flexibility index (Phi) is 6.21. The van der Waals surface area contributed by atoms with Gasteiger partial charge in [0.15, 0.2) is 11.5 Å². The molecular weight excluding hydrogens is 453 g/mol. The number of rotatable bonds is 4. The first-order chi connectivity index (χ1) is 16.9. The Labute approximate surface area is 201 Å². The first-order valence-electron chi connectivity index (χ1n) is 11.6. The van der Waals surface area contributed by atoms with E-state index in [1.54, 1.807) is 29.1 Å². The molecule has 0 spiro atoms. The SMILES string of the molecule is CC(C)N1CCn2c(nc(-c3ccncc3)cc2=O)C(NC(=O)c2cc(F)cc3c2OCCO3)C1. The highest BCUT2D eigenvalue weighted by molar-refractivity contribution is 5.98. The molecule has 35 heavy (non-hydrogen) atoms. The van der Waals surface area contributed by atoms with Crippen molar-refractivity contribution in [3.63, 3.8) is 0 Å². The van der Waals surface area contributed by atoms with E-state index in [2.05, 4.69) is 29.0 Å². The van der Waals surface area contributed by atoms with Crippen molar-refractivity contribution in [2.75, 3.05) is 26.3 Å². The smallest absolute Gasteiger partial charge is 0.255 e. The quantitative estimate of drug-likeness (QED) is 0.614. The zero-order valence-electron chi connectivity index (χ0n) is 19.5. The molecule has 0 bridgehead atoms. The van der Waals surface area contributed by atoms with Crippen LogP contribution in [0.1, 0.15) is 36.1 Å². The van der Waals surface area contributed by atoms with E-state index in [1.807, 2.05) is 0 Å². The maximum Gasteiger partial charge on any atom is 0.255 e. The summed E-state index contributed by atoms with van der Waals surface area (Å²) in [6.45, 7) is 6.15. The van der Waals surface area contributed by atoms with Crippen LogP contribution < -0.4 is 20.3 Å². The maximum atomic E-state index is 14.3. The van der Waals surface area contributed by atoms with E-state index < -0.39 is 17.8 Å². The molecule has 3 aromatic rings. The number of aromatic nitrogens is 3. The Balaban J connectivity index is 1.56. The fourth-order valence-corrected chi connectivity index (χ4v) is 4.42. The lowest BCUT2D eigenvalue weighted by Gasteiger charge is -2.28. The summed E-state index contributed by atoms with van der Waals surface area (Å²) in [6.07, 6.45) is 3.27. The van der Waals surface area contributed by atoms with Crippen LogP contribution in [0.3, 0.4) is 0 Å². The second-order valence-corrected chi connectivity index (χ2v) is 8.82. The fraction of sp³-hybridized carbons (Fsp3) is 0.360. The van der Waals surface area contributed by atoms with Gasteiger partial charge < -0.3 is 14.8 Å². The van der Waals surface area contributed by atoms with Crippen LogP contribution in [0.5, 0.6) is 11.5 Å². The molecule has 1 aromatic carbocycles. The van der Waals surface area contributed by atoms with Gasteiger partial charge in [0.25, 0.3) is 11.5 Å². The predicted octanol–water partition coefficient (Wildman–Crippen LogP) is 2.41. The summed E-state index contributed by atoms with van der Waals surface area (Å²) in [4.78, 5) is 37.5. The van der Waals surface area contributed by atoms with E-state index in [0.717, 1.165) is 11.6 Å². The largest absolute Gasteiger partial charge is 0.486 e. The molecule has 0 fully saturated rings. The summed E-state index contributed by atoms with van der Waals surface area (Å²) >= 11 is 0. The number of carbonyl (C=O) groups excluding carboxylic acids is 1. The van der Waals surface area contributed by atoms with Crippen molar-refractivity contribution in [3.8, 4) is 22.8 Å². The Hall–Kier alpha value is -3.79. The van der Waals surface area contributed by atoms with Crippen LogP contribution in [0.25, 0.3) is 11.3 Å². The van der Waals surface area contributed by atoms with Crippen LogP contribution in [0, 0.1) is 5.82 Å². The molecule has 1 atom stereocenters. The van der Waals surface area contributed by atoms with Gasteiger partial charge >= 0.3 is 0 Å². The van der Waals surface area contributed by atoms with Crippen LogP contribution >= 0.6 is 0 Å². The molecule has 1 N–H and O–H groups in total. The number of nitrogens with zero attached hydrogens (tertiary/aromatic N) is 4. The molecule has 9 nitrogen and oxygen atoms in total. The van der Waals surface area contributed by atoms with Gasteiger partial charge in [-0.1, -0.05) is 0 Å². The van der Waals surface area contributed by atoms with Crippen LogP contribution in [-0.2, 0) is 6.54 Å². The van der Waals surface area contributed by atoms with Crippen LogP contribution in [0.4, 0.5) is 4.39 Å². The van der Waals surface area contributed by atoms with Crippen LogP contribution in [0.2, 0.25) is 0 Å². The minimum absolute atomic E-state index is 0.0410. The minimum atomic E-state index is -0.620. The molecule has 0 aliphatic carbocycles. The summed E-state index contributed by atoms with van der Waals surface area (Å²) in [6, 6.07) is 6.95. The summed E-state index contributed by atoms with van der Waals surface area (Å²) in [5.74, 6) is -0.278. The van der Waals surface area contributed by atoms with Gasteiger partial charge in [-0.15, -0.1) is 0 Å². The van der Waals surface area contributed by atoms with Crippen molar-refractivity contribution in [3.05, 3.63) is 70.3 Å². The number of hydrogen-bond donors (Lipinski definition) is 1. The molecule has 1 amide bonds. The molecule has 4 heterocycles. The lowest BCUT2D eigenvalue weighted by atomic mass is 10.1. The van der Waals surface area contributed by atoms with Crippen LogP contribution in [-0.4, -0.2) is 57.7 Å². The lowest BCUT2D eigenvalue weighted by Crippen LogP contribution is -2.41. The molecule has 1 unspecified atom stereocenters. The number of pyridine rings is 1. The molecule has 5 rings (SSSR count). The van der Waals surface area contributed by atoms with Gasteiger partial charge in [0.1, 0.15) is 30.9 Å². The van der Waals surface area contributed by atoms with Gasteiger partial charge in [0, 0.05) is 55.8 Å². The van der Waals surface area contributed by atoms with E-state index in [9.17, 15) is 14.0 Å². The number of halogens is 1. The van der Waals surface area contributed by atoms with Gasteiger partial charge in [-0.25, -0.2) is 9.37 Å². The molecule has 2 aliphatic rings. The Morgan fingerprint density at radius 2 is 1.91 bits per heavy atom. The first kappa shape index (κ1) is 23.0. The van der Waals surface area contributed by atoms with Crippen molar-refractivity contribution < 1.29 is 18.7 Å². The van der Waals surface area contributed by atoms with Gasteiger partial charge in [-0.2, -0.15) is 0 Å². The monoisotopic (exact) mass is 479 g/mol. The number of amides is 1. The number of hydrogen-bond acceptors (Lipinski definition) is 7. The summed E-state index contributed by atoms with van der Waals surface area (Å²) < 4.78 is 27.0. The molecule has 182 valence electrons. The third kappa shape index (κ3) is 4.61. The Bertz CT molecular complexity index is 1310. The van der Waals surface area contributed by atoms with Crippen molar-refractivity contribution >= 4 is 5.91 Å². The Morgan fingerprint density at radius 1 is 1.14 bits per heavy atom. The molecule has 0 radical (unpaired) electrons. The zero-order valence-corrected chi connectivity index (χ0v) is 19.5. The molecular formula is C25H26FN5O4. The standard InChI is InChI=1S/C25H26FN5O4/c1-15(2)30-7-8-31-22(32)13-19(16-3-5-27-6-4-16)28-24(31)20(14-30)29-25(33)18-11-17(26)12-21-23(18)35-10-9-34-21/h3-6,11-13,15,20H,7-10,14H2,1-2H3,(H,29,33). The topological polar surface area (TPSA) is 98.6 Å².